The van der Waals surface area contributed by atoms with Crippen LogP contribution in [0.4, 0.5) is 9.59 Å². The van der Waals surface area contributed by atoms with Crippen molar-refractivity contribution in [3.8, 4) is 0 Å². The highest BCUT2D eigenvalue weighted by atomic mass is 16.6. The summed E-state index contributed by atoms with van der Waals surface area (Å²) in [5.74, 6) is 0.498. The molecule has 2 amide bonds. The number of carbonyl (C=O) groups is 2. The molecule has 2 saturated heterocycles. The summed E-state index contributed by atoms with van der Waals surface area (Å²) in [5.41, 5.74) is 0.549. The van der Waals surface area contributed by atoms with Crippen LogP contribution in [0.1, 0.15) is 53.0 Å². The minimum absolute atomic E-state index is 0.0139. The number of carbonyl (C=O) groups excluding carboxylic acids is 2. The van der Waals surface area contributed by atoms with Crippen molar-refractivity contribution in [3.05, 3.63) is 35.9 Å². The fraction of sp³-hybridized carbons (Fsp3) is 0.680. The first-order chi connectivity index (χ1) is 15.1. The molecule has 3 rings (SSSR count). The van der Waals surface area contributed by atoms with Crippen LogP contribution in [-0.2, 0) is 16.1 Å². The van der Waals surface area contributed by atoms with Crippen molar-refractivity contribution < 1.29 is 19.1 Å². The molecular weight excluding hydrogens is 406 g/mol. The molecule has 2 aliphatic rings. The van der Waals surface area contributed by atoms with Crippen LogP contribution in [0.3, 0.4) is 0 Å². The fourth-order valence-electron chi connectivity index (χ4n) is 4.63. The van der Waals surface area contributed by atoms with E-state index in [1.165, 1.54) is 0 Å². The number of piperazine rings is 1. The molecular formula is C25H39N3O4. The highest BCUT2D eigenvalue weighted by Gasteiger charge is 2.40. The molecule has 0 spiro atoms. The van der Waals surface area contributed by atoms with Crippen LogP contribution in [0, 0.1) is 5.92 Å². The van der Waals surface area contributed by atoms with Gasteiger partial charge in [0.15, 0.2) is 0 Å². The van der Waals surface area contributed by atoms with Gasteiger partial charge in [-0.2, -0.15) is 0 Å². The SMILES string of the molecule is CC(C)(C)OC(=O)N1CCC(C(C)(C)N2CCN(C(=O)OCc3ccccc3)CC2)CC1. The topological polar surface area (TPSA) is 62.3 Å². The number of likely N-dealkylation sites (tertiary alicyclic amines) is 1. The molecule has 0 bridgehead atoms. The normalized spacial score (nSPS) is 19.0. The van der Waals surface area contributed by atoms with Gasteiger partial charge in [-0.25, -0.2) is 9.59 Å². The second kappa shape index (κ2) is 10.1. The van der Waals surface area contributed by atoms with Crippen molar-refractivity contribution in [2.45, 2.75) is 65.2 Å². The summed E-state index contributed by atoms with van der Waals surface area (Å²) in [6, 6.07) is 9.77. The molecule has 1 aromatic carbocycles. The Morgan fingerprint density at radius 1 is 0.844 bits per heavy atom. The lowest BCUT2D eigenvalue weighted by Crippen LogP contribution is -2.59. The van der Waals surface area contributed by atoms with Crippen molar-refractivity contribution in [3.63, 3.8) is 0 Å². The molecule has 1 aromatic rings. The molecule has 0 aromatic heterocycles. The zero-order valence-corrected chi connectivity index (χ0v) is 20.3. The van der Waals surface area contributed by atoms with E-state index in [0.717, 1.165) is 44.6 Å². The highest BCUT2D eigenvalue weighted by Crippen LogP contribution is 2.34. The third kappa shape index (κ3) is 6.37. The van der Waals surface area contributed by atoms with Crippen LogP contribution in [-0.4, -0.2) is 77.3 Å². The lowest BCUT2D eigenvalue weighted by Gasteiger charge is -2.49. The smallest absolute Gasteiger partial charge is 0.410 e. The van der Waals surface area contributed by atoms with Crippen molar-refractivity contribution in [2.75, 3.05) is 39.3 Å². The monoisotopic (exact) mass is 445 g/mol. The van der Waals surface area contributed by atoms with E-state index in [1.54, 1.807) is 4.90 Å². The van der Waals surface area contributed by atoms with Gasteiger partial charge in [-0.1, -0.05) is 30.3 Å². The van der Waals surface area contributed by atoms with E-state index in [9.17, 15) is 9.59 Å². The Bertz CT molecular complexity index is 759. The lowest BCUT2D eigenvalue weighted by atomic mass is 9.79. The van der Waals surface area contributed by atoms with E-state index < -0.39 is 5.60 Å². The maximum Gasteiger partial charge on any atom is 0.410 e. The number of hydrogen-bond donors (Lipinski definition) is 0. The van der Waals surface area contributed by atoms with E-state index in [0.29, 0.717) is 25.6 Å². The van der Waals surface area contributed by atoms with E-state index in [4.69, 9.17) is 9.47 Å². The van der Waals surface area contributed by atoms with Crippen LogP contribution in [0.5, 0.6) is 0 Å². The van der Waals surface area contributed by atoms with E-state index in [2.05, 4.69) is 18.7 Å². The zero-order chi connectivity index (χ0) is 23.4. The van der Waals surface area contributed by atoms with E-state index >= 15 is 0 Å². The molecule has 0 aliphatic carbocycles. The first-order valence-corrected chi connectivity index (χ1v) is 11.7. The summed E-state index contributed by atoms with van der Waals surface area (Å²) < 4.78 is 11.0. The largest absolute Gasteiger partial charge is 0.445 e. The summed E-state index contributed by atoms with van der Waals surface area (Å²) in [6.45, 7) is 15.1. The Morgan fingerprint density at radius 2 is 1.41 bits per heavy atom. The summed E-state index contributed by atoms with van der Waals surface area (Å²) >= 11 is 0. The first-order valence-electron chi connectivity index (χ1n) is 11.7. The summed E-state index contributed by atoms with van der Waals surface area (Å²) in [5, 5.41) is 0. The Balaban J connectivity index is 1.44. The average molecular weight is 446 g/mol. The number of ether oxygens (including phenoxy) is 2. The molecule has 0 N–H and O–H groups in total. The van der Waals surface area contributed by atoms with Crippen molar-refractivity contribution in [2.24, 2.45) is 5.92 Å². The average Bonchev–Trinajstić information content (AvgIpc) is 2.77. The number of amides is 2. The van der Waals surface area contributed by atoms with Crippen molar-refractivity contribution in [1.29, 1.82) is 0 Å². The number of benzene rings is 1. The molecule has 0 saturated carbocycles. The van der Waals surface area contributed by atoms with Gasteiger partial charge in [0.2, 0.25) is 0 Å². The van der Waals surface area contributed by atoms with Gasteiger partial charge >= 0.3 is 12.2 Å². The summed E-state index contributed by atoms with van der Waals surface area (Å²) in [4.78, 5) is 30.9. The van der Waals surface area contributed by atoms with Crippen LogP contribution < -0.4 is 0 Å². The maximum absolute atomic E-state index is 12.5. The highest BCUT2D eigenvalue weighted by molar-refractivity contribution is 5.68. The van der Waals surface area contributed by atoms with E-state index in [1.807, 2.05) is 56.0 Å². The molecule has 2 fully saturated rings. The first kappa shape index (κ1) is 24.4. The maximum atomic E-state index is 12.5. The molecule has 0 atom stereocenters. The van der Waals surface area contributed by atoms with Gasteiger partial charge in [0.05, 0.1) is 0 Å². The van der Waals surface area contributed by atoms with Gasteiger partial charge in [-0.05, 0) is 58.9 Å². The second-order valence-electron chi connectivity index (χ2n) is 10.4. The van der Waals surface area contributed by atoms with Gasteiger partial charge in [0, 0.05) is 44.8 Å². The molecule has 32 heavy (non-hydrogen) atoms. The molecule has 2 aliphatic heterocycles. The Kier molecular flexibility index (Phi) is 7.70. The number of rotatable bonds is 4. The number of hydrogen-bond acceptors (Lipinski definition) is 5. The summed E-state index contributed by atoms with van der Waals surface area (Å²) in [6.07, 6.45) is 1.48. The molecule has 7 nitrogen and oxygen atoms in total. The zero-order valence-electron chi connectivity index (χ0n) is 20.3. The fourth-order valence-corrected chi connectivity index (χ4v) is 4.63. The quantitative estimate of drug-likeness (QED) is 0.689. The Morgan fingerprint density at radius 3 is 1.97 bits per heavy atom. The van der Waals surface area contributed by atoms with Crippen LogP contribution >= 0.6 is 0 Å². The van der Waals surface area contributed by atoms with Gasteiger partial charge in [-0.3, -0.25) is 4.90 Å². The van der Waals surface area contributed by atoms with Crippen LogP contribution in [0.25, 0.3) is 0 Å². The van der Waals surface area contributed by atoms with Crippen molar-refractivity contribution >= 4 is 12.2 Å². The molecule has 7 heteroatoms. The second-order valence-corrected chi connectivity index (χ2v) is 10.4. The standard InChI is InChI=1S/C25H39N3O4/c1-24(2,3)32-23(30)26-13-11-21(12-14-26)25(4,5)28-17-15-27(16-18-28)22(29)31-19-20-9-7-6-8-10-20/h6-10,21H,11-19H2,1-5H3. The minimum atomic E-state index is -0.463. The van der Waals surface area contributed by atoms with Crippen molar-refractivity contribution in [1.82, 2.24) is 14.7 Å². The molecule has 178 valence electrons. The number of piperidine rings is 1. The van der Waals surface area contributed by atoms with Gasteiger partial charge in [-0.15, -0.1) is 0 Å². The van der Waals surface area contributed by atoms with Gasteiger partial charge < -0.3 is 19.3 Å². The Labute approximate surface area is 192 Å². The molecule has 0 radical (unpaired) electrons. The third-order valence-corrected chi connectivity index (χ3v) is 6.70. The summed E-state index contributed by atoms with van der Waals surface area (Å²) in [7, 11) is 0. The predicted molar refractivity (Wildman–Crippen MR) is 124 cm³/mol. The number of nitrogens with zero attached hydrogens (tertiary/aromatic N) is 3. The lowest BCUT2D eigenvalue weighted by molar-refractivity contribution is -0.0155. The Hall–Kier alpha value is -2.28. The van der Waals surface area contributed by atoms with Gasteiger partial charge in [0.1, 0.15) is 12.2 Å². The van der Waals surface area contributed by atoms with E-state index in [-0.39, 0.29) is 17.7 Å². The minimum Gasteiger partial charge on any atom is -0.445 e. The predicted octanol–water partition coefficient (Wildman–Crippen LogP) is 4.37. The molecule has 2 heterocycles. The molecule has 0 unspecified atom stereocenters. The van der Waals surface area contributed by atoms with Gasteiger partial charge in [0.25, 0.3) is 0 Å². The van der Waals surface area contributed by atoms with Crippen LogP contribution in [0.2, 0.25) is 0 Å². The van der Waals surface area contributed by atoms with Crippen LogP contribution in [0.15, 0.2) is 30.3 Å². The third-order valence-electron chi connectivity index (χ3n) is 6.70.